The number of nitrogens with one attached hydrogen (secondary N) is 1. The summed E-state index contributed by atoms with van der Waals surface area (Å²) in [5.41, 5.74) is 5.11. The molecule has 30 heavy (non-hydrogen) atoms. The van der Waals surface area contributed by atoms with Crippen molar-refractivity contribution in [2.75, 3.05) is 19.7 Å². The average Bonchev–Trinajstić information content (AvgIpc) is 3.18. The fourth-order valence-corrected chi connectivity index (χ4v) is 4.14. The van der Waals surface area contributed by atoms with Crippen LogP contribution in [0, 0.1) is 6.92 Å². The van der Waals surface area contributed by atoms with E-state index in [0.717, 1.165) is 30.8 Å². The molecule has 1 unspecified atom stereocenters. The van der Waals surface area contributed by atoms with Gasteiger partial charge in [-0.2, -0.15) is 0 Å². The molecule has 1 aliphatic rings. The fraction of sp³-hybridized carbons (Fsp3) is 0.320. The number of rotatable bonds is 7. The monoisotopic (exact) mass is 403 g/mol. The van der Waals surface area contributed by atoms with Gasteiger partial charge in [0, 0.05) is 38.6 Å². The van der Waals surface area contributed by atoms with Gasteiger partial charge in [0.25, 0.3) is 5.91 Å². The molecule has 0 saturated heterocycles. The zero-order chi connectivity index (χ0) is 20.9. The maximum absolute atomic E-state index is 12.5. The summed E-state index contributed by atoms with van der Waals surface area (Å²) in [6.45, 7) is 4.44. The first-order valence-corrected chi connectivity index (χ1v) is 10.5. The van der Waals surface area contributed by atoms with E-state index in [0.29, 0.717) is 6.54 Å². The molecule has 1 atom stereocenters. The molecule has 156 valence electrons. The predicted molar refractivity (Wildman–Crippen MR) is 118 cm³/mol. The van der Waals surface area contributed by atoms with E-state index >= 15 is 0 Å². The molecule has 1 amide bonds. The van der Waals surface area contributed by atoms with E-state index in [-0.39, 0.29) is 18.6 Å². The first-order valence-electron chi connectivity index (χ1n) is 10.5. The molecule has 0 radical (unpaired) electrons. The maximum atomic E-state index is 12.5. The summed E-state index contributed by atoms with van der Waals surface area (Å²) in [6, 6.07) is 20.7. The Bertz CT molecular complexity index is 1010. The van der Waals surface area contributed by atoms with Gasteiger partial charge in [0.1, 0.15) is 5.75 Å². The normalized spacial score (nSPS) is 14.7. The molecule has 2 heterocycles. The van der Waals surface area contributed by atoms with Crippen LogP contribution >= 0.6 is 0 Å². The van der Waals surface area contributed by atoms with Crippen LogP contribution in [0.3, 0.4) is 0 Å². The van der Waals surface area contributed by atoms with Crippen molar-refractivity contribution in [2.45, 2.75) is 25.9 Å². The Hall–Kier alpha value is -3.05. The largest absolute Gasteiger partial charge is 0.484 e. The van der Waals surface area contributed by atoms with Gasteiger partial charge in [-0.25, -0.2) is 0 Å². The summed E-state index contributed by atoms with van der Waals surface area (Å²) in [5.74, 6) is 0.616. The quantitative estimate of drug-likeness (QED) is 0.655. The van der Waals surface area contributed by atoms with Gasteiger partial charge in [0.05, 0.1) is 6.04 Å². The highest BCUT2D eigenvalue weighted by atomic mass is 16.5. The molecular weight excluding hydrogens is 374 g/mol. The summed E-state index contributed by atoms with van der Waals surface area (Å²) in [4.78, 5) is 14.9. The van der Waals surface area contributed by atoms with Gasteiger partial charge in [-0.1, -0.05) is 36.4 Å². The Morgan fingerprint density at radius 2 is 1.93 bits per heavy atom. The SMILES string of the molecule is Cc1cccc(OCC(=O)NCC(c2cccn2C)N2CCc3ccccc3C2)c1. The Morgan fingerprint density at radius 3 is 2.70 bits per heavy atom. The highest BCUT2D eigenvalue weighted by Crippen LogP contribution is 2.27. The molecular formula is C25H29N3O2. The van der Waals surface area contributed by atoms with Crippen LogP contribution in [0.25, 0.3) is 0 Å². The first kappa shape index (κ1) is 20.2. The van der Waals surface area contributed by atoms with E-state index in [4.69, 9.17) is 4.74 Å². The van der Waals surface area contributed by atoms with Crippen molar-refractivity contribution in [3.8, 4) is 5.75 Å². The molecule has 0 bridgehead atoms. The Balaban J connectivity index is 1.41. The van der Waals surface area contributed by atoms with Gasteiger partial charge in [-0.05, 0) is 54.3 Å². The zero-order valence-electron chi connectivity index (χ0n) is 17.7. The molecule has 5 nitrogen and oxygen atoms in total. The number of aryl methyl sites for hydroxylation is 2. The molecule has 1 N–H and O–H groups in total. The van der Waals surface area contributed by atoms with Crippen LogP contribution in [0.15, 0.2) is 66.9 Å². The smallest absolute Gasteiger partial charge is 0.258 e. The molecule has 3 aromatic rings. The van der Waals surface area contributed by atoms with Gasteiger partial charge in [-0.3, -0.25) is 9.69 Å². The van der Waals surface area contributed by atoms with E-state index < -0.39 is 0 Å². The molecule has 4 rings (SSSR count). The molecule has 1 aliphatic heterocycles. The lowest BCUT2D eigenvalue weighted by molar-refractivity contribution is -0.123. The number of aromatic nitrogens is 1. The summed E-state index contributed by atoms with van der Waals surface area (Å²) >= 11 is 0. The van der Waals surface area contributed by atoms with E-state index in [1.807, 2.05) is 31.2 Å². The topological polar surface area (TPSA) is 46.5 Å². The van der Waals surface area contributed by atoms with E-state index in [9.17, 15) is 4.79 Å². The van der Waals surface area contributed by atoms with Crippen LogP contribution in [-0.4, -0.2) is 35.1 Å². The summed E-state index contributed by atoms with van der Waals surface area (Å²) in [7, 11) is 2.06. The van der Waals surface area contributed by atoms with Crippen molar-refractivity contribution >= 4 is 5.91 Å². The molecule has 2 aromatic carbocycles. The molecule has 1 aromatic heterocycles. The van der Waals surface area contributed by atoms with Crippen LogP contribution in [0.2, 0.25) is 0 Å². The number of ether oxygens (including phenoxy) is 1. The number of carbonyl (C=O) groups excluding carboxylic acids is 1. The second-order valence-electron chi connectivity index (χ2n) is 7.96. The third-order valence-corrected chi connectivity index (χ3v) is 5.78. The number of nitrogens with zero attached hydrogens (tertiary/aromatic N) is 2. The number of hydrogen-bond acceptors (Lipinski definition) is 3. The lowest BCUT2D eigenvalue weighted by atomic mass is 9.98. The number of hydrogen-bond donors (Lipinski definition) is 1. The van der Waals surface area contributed by atoms with Crippen molar-refractivity contribution in [1.29, 1.82) is 0 Å². The summed E-state index contributed by atoms with van der Waals surface area (Å²) in [6.07, 6.45) is 3.09. The van der Waals surface area contributed by atoms with E-state index in [1.165, 1.54) is 16.8 Å². The molecule has 5 heteroatoms. The first-order chi connectivity index (χ1) is 14.6. The van der Waals surface area contributed by atoms with Gasteiger partial charge in [-0.15, -0.1) is 0 Å². The van der Waals surface area contributed by atoms with Crippen molar-refractivity contribution in [1.82, 2.24) is 14.8 Å². The Kier molecular flexibility index (Phi) is 6.19. The third-order valence-electron chi connectivity index (χ3n) is 5.78. The maximum Gasteiger partial charge on any atom is 0.258 e. The van der Waals surface area contributed by atoms with Crippen molar-refractivity contribution in [2.24, 2.45) is 7.05 Å². The van der Waals surface area contributed by atoms with E-state index in [1.54, 1.807) is 0 Å². The zero-order valence-corrected chi connectivity index (χ0v) is 17.7. The summed E-state index contributed by atoms with van der Waals surface area (Å²) < 4.78 is 7.80. The fourth-order valence-electron chi connectivity index (χ4n) is 4.14. The minimum Gasteiger partial charge on any atom is -0.484 e. The predicted octanol–water partition coefficient (Wildman–Crippen LogP) is 3.63. The number of carbonyl (C=O) groups is 1. The molecule has 0 spiro atoms. The van der Waals surface area contributed by atoms with Crippen molar-refractivity contribution in [3.63, 3.8) is 0 Å². The highest BCUT2D eigenvalue weighted by Gasteiger charge is 2.26. The van der Waals surface area contributed by atoms with Crippen LogP contribution < -0.4 is 10.1 Å². The van der Waals surface area contributed by atoms with Crippen LogP contribution in [0.5, 0.6) is 5.75 Å². The Labute approximate surface area is 178 Å². The third kappa shape index (κ3) is 4.74. The van der Waals surface area contributed by atoms with Gasteiger partial charge < -0.3 is 14.6 Å². The number of fused-ring (bicyclic) bond motifs is 1. The number of amides is 1. The molecule has 0 aliphatic carbocycles. The van der Waals surface area contributed by atoms with Crippen LogP contribution in [-0.2, 0) is 24.8 Å². The average molecular weight is 404 g/mol. The minimum atomic E-state index is -0.104. The van der Waals surface area contributed by atoms with Crippen molar-refractivity contribution in [3.05, 3.63) is 89.2 Å². The second-order valence-corrected chi connectivity index (χ2v) is 7.96. The Morgan fingerprint density at radius 1 is 1.10 bits per heavy atom. The lowest BCUT2D eigenvalue weighted by Gasteiger charge is -2.36. The van der Waals surface area contributed by atoms with Gasteiger partial charge >= 0.3 is 0 Å². The number of benzene rings is 2. The molecule has 0 saturated carbocycles. The highest BCUT2D eigenvalue weighted by molar-refractivity contribution is 5.77. The lowest BCUT2D eigenvalue weighted by Crippen LogP contribution is -2.42. The van der Waals surface area contributed by atoms with Crippen molar-refractivity contribution < 1.29 is 9.53 Å². The van der Waals surface area contributed by atoms with Crippen LogP contribution in [0.1, 0.15) is 28.4 Å². The van der Waals surface area contributed by atoms with Crippen LogP contribution in [0.4, 0.5) is 0 Å². The molecule has 0 fully saturated rings. The summed E-state index contributed by atoms with van der Waals surface area (Å²) in [5, 5.41) is 3.09. The second kappa shape index (κ2) is 9.18. The van der Waals surface area contributed by atoms with Gasteiger partial charge in [0.2, 0.25) is 0 Å². The standard InChI is InChI=1S/C25H29N3O2/c1-19-7-5-10-22(15-19)30-18-25(29)26-16-24(23-11-6-13-27(23)2)28-14-12-20-8-3-4-9-21(20)17-28/h3-11,13,15,24H,12,14,16-18H2,1-2H3,(H,26,29). The van der Waals surface area contributed by atoms with E-state index in [2.05, 4.69) is 64.4 Å². The van der Waals surface area contributed by atoms with Gasteiger partial charge in [0.15, 0.2) is 6.61 Å². The minimum absolute atomic E-state index is 0.0200.